The summed E-state index contributed by atoms with van der Waals surface area (Å²) in [5.41, 5.74) is 2.48. The van der Waals surface area contributed by atoms with Crippen LogP contribution in [0.3, 0.4) is 0 Å². The van der Waals surface area contributed by atoms with Crippen LogP contribution in [0.1, 0.15) is 11.1 Å². The van der Waals surface area contributed by atoms with Crippen LogP contribution in [-0.2, 0) is 5.33 Å². The summed E-state index contributed by atoms with van der Waals surface area (Å²) in [7, 11) is 0. The molecule has 1 heterocycles. The van der Waals surface area contributed by atoms with Gasteiger partial charge < -0.3 is 9.47 Å². The van der Waals surface area contributed by atoms with E-state index in [1.165, 1.54) is 11.1 Å². The fourth-order valence-corrected chi connectivity index (χ4v) is 1.83. The first-order valence-electron chi connectivity index (χ1n) is 3.76. The van der Waals surface area contributed by atoms with Gasteiger partial charge in [-0.2, -0.15) is 0 Å². The molecule has 0 N–H and O–H groups in total. The second-order valence-corrected chi connectivity index (χ2v) is 3.33. The minimum Gasteiger partial charge on any atom is -0.454 e. The quantitative estimate of drug-likeness (QED) is 0.689. The Balaban J connectivity index is 2.49. The molecule has 2 nitrogen and oxygen atoms in total. The second-order valence-electron chi connectivity index (χ2n) is 2.77. The lowest BCUT2D eigenvalue weighted by molar-refractivity contribution is 0.174. The SMILES string of the molecule is Cc1cc2c(cc1CBr)OCO2. The average Bonchev–Trinajstić information content (AvgIpc) is 2.49. The third-order valence-corrected chi connectivity index (χ3v) is 2.58. The number of aryl methyl sites for hydroxylation is 1. The van der Waals surface area contributed by atoms with Crippen LogP contribution in [0.25, 0.3) is 0 Å². The zero-order valence-corrected chi connectivity index (χ0v) is 8.35. The average molecular weight is 229 g/mol. The highest BCUT2D eigenvalue weighted by molar-refractivity contribution is 9.08. The van der Waals surface area contributed by atoms with Crippen LogP contribution in [0.15, 0.2) is 12.1 Å². The maximum Gasteiger partial charge on any atom is 0.231 e. The van der Waals surface area contributed by atoms with Crippen molar-refractivity contribution in [3.8, 4) is 11.5 Å². The molecule has 64 valence electrons. The van der Waals surface area contributed by atoms with Crippen molar-refractivity contribution in [1.82, 2.24) is 0 Å². The Morgan fingerprint density at radius 3 is 2.67 bits per heavy atom. The molecule has 3 heteroatoms. The van der Waals surface area contributed by atoms with Crippen molar-refractivity contribution in [2.75, 3.05) is 6.79 Å². The summed E-state index contributed by atoms with van der Waals surface area (Å²) in [5, 5.41) is 0.857. The van der Waals surface area contributed by atoms with Crippen molar-refractivity contribution in [3.63, 3.8) is 0 Å². The van der Waals surface area contributed by atoms with Gasteiger partial charge in [-0.15, -0.1) is 0 Å². The summed E-state index contributed by atoms with van der Waals surface area (Å²) in [4.78, 5) is 0. The Morgan fingerprint density at radius 1 is 1.33 bits per heavy atom. The Hall–Kier alpha value is -0.700. The van der Waals surface area contributed by atoms with E-state index in [2.05, 4.69) is 22.9 Å². The molecule has 0 bridgehead atoms. The van der Waals surface area contributed by atoms with Gasteiger partial charge in [0, 0.05) is 5.33 Å². The van der Waals surface area contributed by atoms with Gasteiger partial charge in [0.05, 0.1) is 0 Å². The highest BCUT2D eigenvalue weighted by Gasteiger charge is 2.14. The third kappa shape index (κ3) is 1.18. The number of benzene rings is 1. The van der Waals surface area contributed by atoms with Gasteiger partial charge in [-0.1, -0.05) is 15.9 Å². The van der Waals surface area contributed by atoms with Crippen molar-refractivity contribution >= 4 is 15.9 Å². The van der Waals surface area contributed by atoms with Gasteiger partial charge in [-0.3, -0.25) is 0 Å². The molecule has 1 aromatic rings. The van der Waals surface area contributed by atoms with E-state index >= 15 is 0 Å². The molecule has 0 fully saturated rings. The number of halogens is 1. The Kier molecular flexibility index (Phi) is 1.97. The predicted molar refractivity (Wildman–Crippen MR) is 49.9 cm³/mol. The lowest BCUT2D eigenvalue weighted by Crippen LogP contribution is -1.92. The van der Waals surface area contributed by atoms with Crippen LogP contribution in [0.2, 0.25) is 0 Å². The molecule has 12 heavy (non-hydrogen) atoms. The number of ether oxygens (including phenoxy) is 2. The van der Waals surface area contributed by atoms with Crippen molar-refractivity contribution in [2.45, 2.75) is 12.3 Å². The Morgan fingerprint density at radius 2 is 2.00 bits per heavy atom. The van der Waals surface area contributed by atoms with Gasteiger partial charge in [0.2, 0.25) is 6.79 Å². The van der Waals surface area contributed by atoms with Gasteiger partial charge in [-0.25, -0.2) is 0 Å². The Labute approximate surface area is 79.6 Å². The first kappa shape index (κ1) is 7.92. The Bertz CT molecular complexity index is 309. The zero-order valence-electron chi connectivity index (χ0n) is 6.76. The largest absolute Gasteiger partial charge is 0.454 e. The molecule has 1 aromatic carbocycles. The molecule has 0 spiro atoms. The summed E-state index contributed by atoms with van der Waals surface area (Å²) in [6.07, 6.45) is 0. The van der Waals surface area contributed by atoms with E-state index in [4.69, 9.17) is 9.47 Å². The minimum atomic E-state index is 0.348. The summed E-state index contributed by atoms with van der Waals surface area (Å²) in [6.45, 7) is 2.42. The van der Waals surface area contributed by atoms with Crippen molar-refractivity contribution < 1.29 is 9.47 Å². The minimum absolute atomic E-state index is 0.348. The molecular formula is C9H9BrO2. The summed E-state index contributed by atoms with van der Waals surface area (Å²) < 4.78 is 10.5. The van der Waals surface area contributed by atoms with Crippen LogP contribution in [0, 0.1) is 6.92 Å². The number of alkyl halides is 1. The second kappa shape index (κ2) is 2.98. The molecular weight excluding hydrogens is 220 g/mol. The standard InChI is InChI=1S/C9H9BrO2/c1-6-2-8-9(12-5-11-8)3-7(6)4-10/h2-3H,4-5H2,1H3. The van der Waals surface area contributed by atoms with Crippen LogP contribution >= 0.6 is 15.9 Å². The number of fused-ring (bicyclic) bond motifs is 1. The van der Waals surface area contributed by atoms with Crippen molar-refractivity contribution in [2.24, 2.45) is 0 Å². The first-order valence-corrected chi connectivity index (χ1v) is 4.88. The molecule has 1 aliphatic heterocycles. The van der Waals surface area contributed by atoms with Gasteiger partial charge in [-0.05, 0) is 30.2 Å². The van der Waals surface area contributed by atoms with E-state index in [9.17, 15) is 0 Å². The van der Waals surface area contributed by atoms with Crippen LogP contribution in [0.5, 0.6) is 11.5 Å². The van der Waals surface area contributed by atoms with E-state index in [1.807, 2.05) is 12.1 Å². The molecule has 0 amide bonds. The lowest BCUT2D eigenvalue weighted by Gasteiger charge is -2.03. The normalized spacial score (nSPS) is 13.5. The molecule has 0 atom stereocenters. The molecule has 0 radical (unpaired) electrons. The topological polar surface area (TPSA) is 18.5 Å². The molecule has 1 aliphatic rings. The highest BCUT2D eigenvalue weighted by Crippen LogP contribution is 2.35. The van der Waals surface area contributed by atoms with E-state index in [0.29, 0.717) is 6.79 Å². The molecule has 0 aliphatic carbocycles. The van der Waals surface area contributed by atoms with E-state index < -0.39 is 0 Å². The van der Waals surface area contributed by atoms with E-state index in [-0.39, 0.29) is 0 Å². The predicted octanol–water partition coefficient (Wildman–Crippen LogP) is 2.62. The van der Waals surface area contributed by atoms with Gasteiger partial charge >= 0.3 is 0 Å². The molecule has 0 saturated heterocycles. The third-order valence-electron chi connectivity index (χ3n) is 1.98. The van der Waals surface area contributed by atoms with Gasteiger partial charge in [0.15, 0.2) is 11.5 Å². The fraction of sp³-hybridized carbons (Fsp3) is 0.333. The van der Waals surface area contributed by atoms with Crippen molar-refractivity contribution in [3.05, 3.63) is 23.3 Å². The molecule has 2 rings (SSSR count). The van der Waals surface area contributed by atoms with Gasteiger partial charge in [0.25, 0.3) is 0 Å². The number of hydrogen-bond acceptors (Lipinski definition) is 2. The molecule has 0 aromatic heterocycles. The molecule has 0 unspecified atom stereocenters. The first-order chi connectivity index (χ1) is 5.81. The summed E-state index contributed by atoms with van der Waals surface area (Å²) in [6, 6.07) is 4.03. The van der Waals surface area contributed by atoms with Crippen LogP contribution in [-0.4, -0.2) is 6.79 Å². The maximum absolute atomic E-state index is 5.25. The monoisotopic (exact) mass is 228 g/mol. The van der Waals surface area contributed by atoms with Crippen molar-refractivity contribution in [1.29, 1.82) is 0 Å². The fourth-order valence-electron chi connectivity index (χ4n) is 1.23. The van der Waals surface area contributed by atoms with Crippen LogP contribution in [0.4, 0.5) is 0 Å². The number of hydrogen-bond donors (Lipinski definition) is 0. The van der Waals surface area contributed by atoms with E-state index in [0.717, 1.165) is 16.8 Å². The number of rotatable bonds is 1. The smallest absolute Gasteiger partial charge is 0.231 e. The lowest BCUT2D eigenvalue weighted by atomic mass is 10.1. The summed E-state index contributed by atoms with van der Waals surface area (Å²) in [5.74, 6) is 1.72. The molecule has 0 saturated carbocycles. The van der Waals surface area contributed by atoms with Crippen LogP contribution < -0.4 is 9.47 Å². The zero-order chi connectivity index (χ0) is 8.55. The summed E-state index contributed by atoms with van der Waals surface area (Å²) >= 11 is 3.42. The maximum atomic E-state index is 5.25. The van der Waals surface area contributed by atoms with Gasteiger partial charge in [0.1, 0.15) is 0 Å². The highest BCUT2D eigenvalue weighted by atomic mass is 79.9. The van der Waals surface area contributed by atoms with E-state index in [1.54, 1.807) is 0 Å².